The van der Waals surface area contributed by atoms with Crippen LogP contribution >= 0.6 is 11.8 Å². The molecule has 1 rings (SSSR count). The molecular formula is C12H18N2OS. The van der Waals surface area contributed by atoms with Crippen LogP contribution in [0.1, 0.15) is 17.3 Å². The fourth-order valence-corrected chi connectivity index (χ4v) is 1.62. The molecule has 0 aromatic heterocycles. The molecule has 0 aliphatic rings. The highest BCUT2D eigenvalue weighted by molar-refractivity contribution is 7.98. The number of nitrogens with one attached hydrogen (secondary N) is 2. The van der Waals surface area contributed by atoms with Crippen LogP contribution in [0.2, 0.25) is 0 Å². The van der Waals surface area contributed by atoms with E-state index in [1.54, 1.807) is 11.8 Å². The summed E-state index contributed by atoms with van der Waals surface area (Å²) in [5.74, 6) is 0.943. The Morgan fingerprint density at radius 1 is 1.31 bits per heavy atom. The van der Waals surface area contributed by atoms with Crippen molar-refractivity contribution in [3.8, 4) is 0 Å². The van der Waals surface area contributed by atoms with Gasteiger partial charge in [0.05, 0.1) is 0 Å². The largest absolute Gasteiger partial charge is 0.385 e. The van der Waals surface area contributed by atoms with Crippen LogP contribution < -0.4 is 10.6 Å². The first-order chi connectivity index (χ1) is 7.77. The Kier molecular flexibility index (Phi) is 5.78. The number of amides is 1. The molecule has 88 valence electrons. The highest BCUT2D eigenvalue weighted by atomic mass is 32.2. The molecule has 1 amide bonds. The zero-order valence-electron chi connectivity index (χ0n) is 9.75. The maximum Gasteiger partial charge on any atom is 0.251 e. The molecule has 2 N–H and O–H groups in total. The van der Waals surface area contributed by atoms with E-state index >= 15 is 0 Å². The van der Waals surface area contributed by atoms with Crippen LogP contribution in [-0.2, 0) is 0 Å². The van der Waals surface area contributed by atoms with E-state index in [1.807, 2.05) is 37.4 Å². The van der Waals surface area contributed by atoms with E-state index in [1.165, 1.54) is 0 Å². The van der Waals surface area contributed by atoms with E-state index in [9.17, 15) is 4.79 Å². The quantitative estimate of drug-likeness (QED) is 0.747. The first-order valence-electron chi connectivity index (χ1n) is 5.39. The highest BCUT2D eigenvalue weighted by Crippen LogP contribution is 2.08. The molecule has 4 heteroatoms. The Morgan fingerprint density at radius 2 is 2.00 bits per heavy atom. The van der Waals surface area contributed by atoms with Gasteiger partial charge in [0, 0.05) is 30.1 Å². The van der Waals surface area contributed by atoms with Gasteiger partial charge < -0.3 is 10.6 Å². The Balaban J connectivity index is 2.49. The number of hydrogen-bond donors (Lipinski definition) is 2. The molecule has 0 aliphatic carbocycles. The van der Waals surface area contributed by atoms with Gasteiger partial charge in [0.1, 0.15) is 0 Å². The second kappa shape index (κ2) is 7.17. The summed E-state index contributed by atoms with van der Waals surface area (Å²) in [5, 5.41) is 6.06. The van der Waals surface area contributed by atoms with Crippen molar-refractivity contribution >= 4 is 23.4 Å². The molecule has 0 saturated carbocycles. The van der Waals surface area contributed by atoms with E-state index < -0.39 is 0 Å². The van der Waals surface area contributed by atoms with E-state index in [4.69, 9.17) is 0 Å². The van der Waals surface area contributed by atoms with Gasteiger partial charge in [0.2, 0.25) is 0 Å². The van der Waals surface area contributed by atoms with Gasteiger partial charge in [0.25, 0.3) is 5.91 Å². The molecule has 0 aliphatic heterocycles. The van der Waals surface area contributed by atoms with Crippen LogP contribution in [0.5, 0.6) is 0 Å². The van der Waals surface area contributed by atoms with E-state index in [2.05, 4.69) is 10.6 Å². The maximum absolute atomic E-state index is 11.6. The third kappa shape index (κ3) is 4.14. The number of rotatable bonds is 6. The summed E-state index contributed by atoms with van der Waals surface area (Å²) in [7, 11) is 0. The van der Waals surface area contributed by atoms with Crippen molar-refractivity contribution in [2.75, 3.05) is 30.4 Å². The third-order valence-corrected chi connectivity index (χ3v) is 2.73. The Bertz CT molecular complexity index is 324. The Hall–Kier alpha value is -1.16. The lowest BCUT2D eigenvalue weighted by atomic mass is 10.2. The molecule has 0 atom stereocenters. The smallest absolute Gasteiger partial charge is 0.251 e. The molecule has 0 bridgehead atoms. The Labute approximate surface area is 101 Å². The van der Waals surface area contributed by atoms with Crippen LogP contribution in [0.25, 0.3) is 0 Å². The van der Waals surface area contributed by atoms with Crippen LogP contribution in [-0.4, -0.2) is 31.0 Å². The molecule has 1 aromatic rings. The van der Waals surface area contributed by atoms with Gasteiger partial charge in [-0.3, -0.25) is 4.79 Å². The molecule has 0 fully saturated rings. The second-order valence-electron chi connectivity index (χ2n) is 3.36. The minimum Gasteiger partial charge on any atom is -0.385 e. The first kappa shape index (κ1) is 12.9. The summed E-state index contributed by atoms with van der Waals surface area (Å²) >= 11 is 1.72. The van der Waals surface area contributed by atoms with Gasteiger partial charge in [-0.25, -0.2) is 0 Å². The molecular weight excluding hydrogens is 220 g/mol. The molecule has 0 radical (unpaired) electrons. The average Bonchev–Trinajstić information content (AvgIpc) is 2.30. The van der Waals surface area contributed by atoms with Gasteiger partial charge in [0.15, 0.2) is 0 Å². The zero-order valence-corrected chi connectivity index (χ0v) is 10.6. The fraction of sp³-hybridized carbons (Fsp3) is 0.417. The summed E-state index contributed by atoms with van der Waals surface area (Å²) in [6.07, 6.45) is 2.03. The third-order valence-electron chi connectivity index (χ3n) is 2.12. The molecule has 0 saturated heterocycles. The number of carbonyl (C=O) groups is 1. The normalized spacial score (nSPS) is 9.88. The summed E-state index contributed by atoms with van der Waals surface area (Å²) in [5.41, 5.74) is 1.76. The van der Waals surface area contributed by atoms with Crippen molar-refractivity contribution in [2.24, 2.45) is 0 Å². The standard InChI is InChI=1S/C12H18N2OS/c1-3-13-11-6-4-10(5-7-11)12(15)14-8-9-16-2/h4-7,13H,3,8-9H2,1-2H3,(H,14,15). The predicted molar refractivity (Wildman–Crippen MR) is 71.3 cm³/mol. The van der Waals surface area contributed by atoms with E-state index in [0.717, 1.165) is 24.5 Å². The van der Waals surface area contributed by atoms with Gasteiger partial charge in [-0.05, 0) is 37.4 Å². The average molecular weight is 238 g/mol. The van der Waals surface area contributed by atoms with Gasteiger partial charge in [-0.1, -0.05) is 0 Å². The molecule has 0 unspecified atom stereocenters. The van der Waals surface area contributed by atoms with Crippen molar-refractivity contribution in [3.05, 3.63) is 29.8 Å². The van der Waals surface area contributed by atoms with Gasteiger partial charge >= 0.3 is 0 Å². The number of benzene rings is 1. The summed E-state index contributed by atoms with van der Waals surface area (Å²) < 4.78 is 0. The number of anilines is 1. The van der Waals surface area contributed by atoms with Crippen molar-refractivity contribution in [1.82, 2.24) is 5.32 Å². The molecule has 3 nitrogen and oxygen atoms in total. The summed E-state index contributed by atoms with van der Waals surface area (Å²) in [6.45, 7) is 3.65. The predicted octanol–water partition coefficient (Wildman–Crippen LogP) is 2.21. The summed E-state index contributed by atoms with van der Waals surface area (Å²) in [4.78, 5) is 11.6. The van der Waals surface area contributed by atoms with Crippen LogP contribution in [0.3, 0.4) is 0 Å². The van der Waals surface area contributed by atoms with Crippen molar-refractivity contribution in [3.63, 3.8) is 0 Å². The SMILES string of the molecule is CCNc1ccc(C(=O)NCCSC)cc1. The lowest BCUT2D eigenvalue weighted by Gasteiger charge is -2.06. The minimum absolute atomic E-state index is 0.00269. The lowest BCUT2D eigenvalue weighted by molar-refractivity contribution is 0.0956. The molecule has 16 heavy (non-hydrogen) atoms. The zero-order chi connectivity index (χ0) is 11.8. The topological polar surface area (TPSA) is 41.1 Å². The van der Waals surface area contributed by atoms with Crippen molar-refractivity contribution in [1.29, 1.82) is 0 Å². The van der Waals surface area contributed by atoms with Crippen molar-refractivity contribution in [2.45, 2.75) is 6.92 Å². The van der Waals surface area contributed by atoms with Gasteiger partial charge in [-0.2, -0.15) is 11.8 Å². The number of carbonyl (C=O) groups excluding carboxylic acids is 1. The second-order valence-corrected chi connectivity index (χ2v) is 4.34. The monoisotopic (exact) mass is 238 g/mol. The highest BCUT2D eigenvalue weighted by Gasteiger charge is 2.03. The van der Waals surface area contributed by atoms with Gasteiger partial charge in [-0.15, -0.1) is 0 Å². The maximum atomic E-state index is 11.6. The van der Waals surface area contributed by atoms with E-state index in [0.29, 0.717) is 5.56 Å². The molecule has 0 heterocycles. The number of thioether (sulfide) groups is 1. The number of hydrogen-bond acceptors (Lipinski definition) is 3. The lowest BCUT2D eigenvalue weighted by Crippen LogP contribution is -2.25. The van der Waals surface area contributed by atoms with Crippen molar-refractivity contribution < 1.29 is 4.79 Å². The van der Waals surface area contributed by atoms with Crippen LogP contribution in [0, 0.1) is 0 Å². The first-order valence-corrected chi connectivity index (χ1v) is 6.78. The summed E-state index contributed by atoms with van der Waals surface area (Å²) in [6, 6.07) is 7.53. The van der Waals surface area contributed by atoms with E-state index in [-0.39, 0.29) is 5.91 Å². The molecule has 0 spiro atoms. The van der Waals surface area contributed by atoms with Crippen LogP contribution in [0.15, 0.2) is 24.3 Å². The molecule has 1 aromatic carbocycles. The fourth-order valence-electron chi connectivity index (χ4n) is 1.31. The minimum atomic E-state index is -0.00269. The Morgan fingerprint density at radius 3 is 2.56 bits per heavy atom. The van der Waals surface area contributed by atoms with Crippen LogP contribution in [0.4, 0.5) is 5.69 Å².